The second kappa shape index (κ2) is 19.5. The van der Waals surface area contributed by atoms with E-state index in [4.69, 9.17) is 27.5 Å². The first-order valence-electron chi connectivity index (χ1n) is 19.5. The van der Waals surface area contributed by atoms with Gasteiger partial charge in [0.2, 0.25) is 15.3 Å². The van der Waals surface area contributed by atoms with E-state index in [1.54, 1.807) is 30.3 Å². The maximum atomic E-state index is 15.0. The molecule has 0 aliphatic rings. The molecule has 0 aliphatic heterocycles. The molecule has 0 amide bonds. The SMILES string of the molecule is CO[Si](Cc1cc(C(=O)Oc2ccc(Oc3ccc(C(c4ccc(Oc5ccc(S(=O)(=O)c6ccc(C)cc6)cc5CS)cc4)(C(F)(F)F)C(F)(F)F)cc3)cc2)ccc1C)(OC)OC. The van der Waals surface area contributed by atoms with E-state index in [0.29, 0.717) is 35.9 Å². The minimum atomic E-state index is -5.87. The molecular formula is C47H42F6O9S2Si. The second-order valence-corrected chi connectivity index (χ2v) is 19.9. The maximum Gasteiger partial charge on any atom is 0.504 e. The molecule has 0 unspecified atom stereocenters. The van der Waals surface area contributed by atoms with E-state index in [1.807, 2.05) is 13.8 Å². The van der Waals surface area contributed by atoms with Gasteiger partial charge in [0.1, 0.15) is 28.7 Å². The Morgan fingerprint density at radius 3 is 1.55 bits per heavy atom. The van der Waals surface area contributed by atoms with Crippen LogP contribution in [0.25, 0.3) is 0 Å². The fraction of sp³-hybridized carbons (Fsp3) is 0.213. The van der Waals surface area contributed by atoms with Crippen molar-refractivity contribution in [3.05, 3.63) is 172 Å². The van der Waals surface area contributed by atoms with Gasteiger partial charge in [0.25, 0.3) is 0 Å². The van der Waals surface area contributed by atoms with E-state index in [-0.39, 0.29) is 49.9 Å². The fourth-order valence-corrected chi connectivity index (χ4v) is 10.4. The van der Waals surface area contributed by atoms with Gasteiger partial charge in [-0.1, -0.05) is 48.0 Å². The maximum absolute atomic E-state index is 15.0. The van der Waals surface area contributed by atoms with Gasteiger partial charge in [0.05, 0.1) is 15.4 Å². The number of halogens is 6. The van der Waals surface area contributed by atoms with Crippen LogP contribution in [0.2, 0.25) is 0 Å². The third-order valence-electron chi connectivity index (χ3n) is 10.7. The average Bonchev–Trinajstić information content (AvgIpc) is 3.27. The first kappa shape index (κ1) is 48.8. The molecule has 6 rings (SSSR count). The lowest BCUT2D eigenvalue weighted by molar-refractivity contribution is -0.288. The third kappa shape index (κ3) is 10.3. The monoisotopic (exact) mass is 956 g/mol. The first-order chi connectivity index (χ1) is 30.7. The molecule has 0 aliphatic carbocycles. The van der Waals surface area contributed by atoms with E-state index in [1.165, 1.54) is 75.9 Å². The molecule has 0 saturated carbocycles. The number of sulfone groups is 1. The number of alkyl halides is 6. The fourth-order valence-electron chi connectivity index (χ4n) is 7.02. The topological polar surface area (TPSA) is 107 Å². The van der Waals surface area contributed by atoms with E-state index < -0.39 is 53.5 Å². The normalized spacial score (nSPS) is 12.5. The molecule has 6 aromatic carbocycles. The van der Waals surface area contributed by atoms with Crippen molar-refractivity contribution < 1.29 is 67.0 Å². The Bertz CT molecular complexity index is 2700. The van der Waals surface area contributed by atoms with Gasteiger partial charge in [-0.2, -0.15) is 39.0 Å². The molecule has 0 bridgehead atoms. The lowest BCUT2D eigenvalue weighted by Crippen LogP contribution is -2.54. The summed E-state index contributed by atoms with van der Waals surface area (Å²) in [4.78, 5) is 13.1. The summed E-state index contributed by atoms with van der Waals surface area (Å²) in [6, 6.07) is 27.8. The number of carbonyl (C=O) groups excluding carboxylic acids is 1. The van der Waals surface area contributed by atoms with Crippen LogP contribution in [0.5, 0.6) is 28.7 Å². The molecule has 18 heteroatoms. The van der Waals surface area contributed by atoms with Gasteiger partial charge in [0.15, 0.2) is 0 Å². The Balaban J connectivity index is 1.18. The number of carbonyl (C=O) groups is 1. The highest BCUT2D eigenvalue weighted by molar-refractivity contribution is 7.91. The predicted molar refractivity (Wildman–Crippen MR) is 235 cm³/mol. The minimum absolute atomic E-state index is 0.00414. The van der Waals surface area contributed by atoms with Crippen molar-refractivity contribution in [1.82, 2.24) is 0 Å². The molecule has 0 radical (unpaired) electrons. The van der Waals surface area contributed by atoms with E-state index >= 15 is 26.3 Å². The zero-order valence-corrected chi connectivity index (χ0v) is 38.1. The molecule has 0 saturated heterocycles. The summed E-state index contributed by atoms with van der Waals surface area (Å²) in [6.07, 6.45) is -11.7. The summed E-state index contributed by atoms with van der Waals surface area (Å²) in [5, 5.41) is 0. The highest BCUT2D eigenvalue weighted by Gasteiger charge is 2.72. The number of esters is 1. The lowest BCUT2D eigenvalue weighted by atomic mass is 9.73. The van der Waals surface area contributed by atoms with E-state index in [0.717, 1.165) is 41.0 Å². The Labute approximate surface area is 378 Å². The van der Waals surface area contributed by atoms with Gasteiger partial charge in [-0.15, -0.1) is 0 Å². The van der Waals surface area contributed by atoms with Gasteiger partial charge in [0, 0.05) is 38.7 Å². The van der Waals surface area contributed by atoms with Gasteiger partial charge in [-0.25, -0.2) is 13.2 Å². The largest absolute Gasteiger partial charge is 0.504 e. The third-order valence-corrected chi connectivity index (χ3v) is 15.5. The van der Waals surface area contributed by atoms with Gasteiger partial charge in [-0.3, -0.25) is 0 Å². The molecular weight excluding hydrogens is 915 g/mol. The average molecular weight is 957 g/mol. The van der Waals surface area contributed by atoms with Crippen LogP contribution >= 0.6 is 12.6 Å². The molecule has 342 valence electrons. The van der Waals surface area contributed by atoms with Crippen molar-refractivity contribution in [3.63, 3.8) is 0 Å². The molecule has 0 atom stereocenters. The van der Waals surface area contributed by atoms with Crippen LogP contribution in [-0.4, -0.2) is 56.9 Å². The van der Waals surface area contributed by atoms with Gasteiger partial charge < -0.3 is 27.5 Å². The first-order valence-corrected chi connectivity index (χ1v) is 23.6. The number of rotatable bonds is 16. The summed E-state index contributed by atoms with van der Waals surface area (Å²) in [6.45, 7) is 3.68. The summed E-state index contributed by atoms with van der Waals surface area (Å²) >= 11 is 4.27. The summed E-state index contributed by atoms with van der Waals surface area (Å²) < 4.78 is 150. The minimum Gasteiger partial charge on any atom is -0.457 e. The lowest BCUT2D eigenvalue weighted by Gasteiger charge is -2.38. The molecule has 0 heterocycles. The van der Waals surface area contributed by atoms with Crippen LogP contribution in [0.3, 0.4) is 0 Å². The van der Waals surface area contributed by atoms with E-state index in [2.05, 4.69) is 12.6 Å². The Kier molecular flexibility index (Phi) is 14.6. The van der Waals surface area contributed by atoms with Crippen molar-refractivity contribution in [1.29, 1.82) is 0 Å². The predicted octanol–water partition coefficient (Wildman–Crippen LogP) is 11.7. The molecule has 0 spiro atoms. The number of hydrogen-bond acceptors (Lipinski definition) is 10. The Morgan fingerprint density at radius 2 is 1.06 bits per heavy atom. The standard InChI is InChI=1S/C47H42F6O9S2Si/c1-30-6-22-41(23-7-30)64(55,56)42-24-25-43(33(27-42)28-63)61-39-16-12-36(13-17-39)45(46(48,49)50,47(51,52)53)35-10-14-37(15-11-35)60-38-18-20-40(21-19-38)62-44(54)32-9-8-31(2)34(26-32)29-65(57-3,58-4)59-5/h6-27,63H,28-29H2,1-5H3. The number of benzene rings is 6. The zero-order chi connectivity index (χ0) is 47.4. The zero-order valence-electron chi connectivity index (χ0n) is 35.4. The molecule has 0 N–H and O–H groups in total. The van der Waals surface area contributed by atoms with Crippen LogP contribution in [0.1, 0.15) is 43.7 Å². The number of thiol groups is 1. The quantitative estimate of drug-likeness (QED) is 0.0334. The molecule has 9 nitrogen and oxygen atoms in total. The number of hydrogen-bond donors (Lipinski definition) is 1. The van der Waals surface area contributed by atoms with Crippen molar-refractivity contribution >= 4 is 37.2 Å². The molecule has 0 fully saturated rings. The van der Waals surface area contributed by atoms with Crippen LogP contribution in [0.4, 0.5) is 26.3 Å². The smallest absolute Gasteiger partial charge is 0.457 e. The van der Waals surface area contributed by atoms with Gasteiger partial charge >= 0.3 is 27.1 Å². The van der Waals surface area contributed by atoms with Crippen LogP contribution in [0.15, 0.2) is 143 Å². The Hall–Kier alpha value is -5.63. The highest BCUT2D eigenvalue weighted by Crippen LogP contribution is 2.56. The van der Waals surface area contributed by atoms with Crippen LogP contribution < -0.4 is 14.2 Å². The molecule has 0 aromatic heterocycles. The van der Waals surface area contributed by atoms with E-state index in [9.17, 15) is 13.2 Å². The Morgan fingerprint density at radius 1 is 0.585 bits per heavy atom. The molecule has 6 aromatic rings. The van der Waals surface area contributed by atoms with Crippen molar-refractivity contribution in [3.8, 4) is 28.7 Å². The second-order valence-electron chi connectivity index (χ2n) is 14.7. The van der Waals surface area contributed by atoms with Crippen LogP contribution in [-0.2, 0) is 40.3 Å². The van der Waals surface area contributed by atoms with Crippen molar-refractivity contribution in [2.45, 2.75) is 53.2 Å². The van der Waals surface area contributed by atoms with Crippen molar-refractivity contribution in [2.24, 2.45) is 0 Å². The summed E-state index contributed by atoms with van der Waals surface area (Å²) in [5.74, 6) is -0.487. The van der Waals surface area contributed by atoms with Gasteiger partial charge in [-0.05, 0) is 127 Å². The number of ether oxygens (including phenoxy) is 3. The summed E-state index contributed by atoms with van der Waals surface area (Å²) in [7, 11) is -2.50. The summed E-state index contributed by atoms with van der Waals surface area (Å²) in [5.41, 5.74) is -3.67. The van der Waals surface area contributed by atoms with Crippen LogP contribution in [0, 0.1) is 13.8 Å². The number of aryl methyl sites for hydroxylation is 2. The molecule has 65 heavy (non-hydrogen) atoms. The highest BCUT2D eigenvalue weighted by atomic mass is 32.2. The van der Waals surface area contributed by atoms with Crippen molar-refractivity contribution in [2.75, 3.05) is 21.3 Å².